The molecule has 0 bridgehead atoms. The molecule has 0 aliphatic rings. The van der Waals surface area contributed by atoms with Crippen LogP contribution in [0.25, 0.3) is 0 Å². The molecule has 0 amide bonds. The Morgan fingerprint density at radius 1 is 1.39 bits per heavy atom. The van der Waals surface area contributed by atoms with Crippen LogP contribution in [0.5, 0.6) is 0 Å². The molecule has 0 saturated heterocycles. The van der Waals surface area contributed by atoms with Crippen LogP contribution in [-0.4, -0.2) is 31.2 Å². The van der Waals surface area contributed by atoms with Crippen molar-refractivity contribution in [3.8, 4) is 0 Å². The van der Waals surface area contributed by atoms with Crippen LogP contribution in [0.4, 0.5) is 5.69 Å². The Morgan fingerprint density at radius 2 is 2.06 bits per heavy atom. The van der Waals surface area contributed by atoms with Gasteiger partial charge in [0.15, 0.2) is 0 Å². The van der Waals surface area contributed by atoms with Gasteiger partial charge in [-0.15, -0.1) is 0 Å². The number of hydrogen-bond donors (Lipinski definition) is 1. The monoisotopic (exact) mass is 252 g/mol. The Hall–Kier alpha value is -1.46. The number of non-ortho nitro benzene ring substituents is 1. The summed E-state index contributed by atoms with van der Waals surface area (Å²) in [6, 6.07) is 7.06. The molecule has 0 saturated carbocycles. The van der Waals surface area contributed by atoms with E-state index in [2.05, 4.69) is 12.2 Å². The maximum atomic E-state index is 10.5. The summed E-state index contributed by atoms with van der Waals surface area (Å²) in [6.07, 6.45) is 1.88. The van der Waals surface area contributed by atoms with Gasteiger partial charge in [0.25, 0.3) is 5.69 Å². The average molecular weight is 252 g/mol. The predicted molar refractivity (Wildman–Crippen MR) is 70.8 cm³/mol. The van der Waals surface area contributed by atoms with Gasteiger partial charge in [0.2, 0.25) is 0 Å². The molecular weight excluding hydrogens is 232 g/mol. The lowest BCUT2D eigenvalue weighted by Gasteiger charge is -2.15. The molecule has 5 nitrogen and oxygen atoms in total. The Morgan fingerprint density at radius 3 is 2.56 bits per heavy atom. The molecule has 1 rings (SSSR count). The normalized spacial score (nSPS) is 12.3. The standard InChI is InChI=1S/C13H20N2O3/c1-3-12(10-18-2)14-9-8-11-4-6-13(7-5-11)15(16)17/h4-7,12,14H,3,8-10H2,1-2H3. The van der Waals surface area contributed by atoms with Crippen molar-refractivity contribution in [2.75, 3.05) is 20.3 Å². The number of rotatable bonds is 8. The van der Waals surface area contributed by atoms with Crippen LogP contribution in [0, 0.1) is 10.1 Å². The average Bonchev–Trinajstić information content (AvgIpc) is 2.38. The van der Waals surface area contributed by atoms with Crippen molar-refractivity contribution in [1.29, 1.82) is 0 Å². The fraction of sp³-hybridized carbons (Fsp3) is 0.538. The first-order valence-corrected chi connectivity index (χ1v) is 6.13. The number of nitro benzene ring substituents is 1. The van der Waals surface area contributed by atoms with Gasteiger partial charge in [0.05, 0.1) is 11.5 Å². The molecule has 1 atom stereocenters. The van der Waals surface area contributed by atoms with E-state index in [1.165, 1.54) is 0 Å². The maximum Gasteiger partial charge on any atom is 0.269 e. The Labute approximate surface area is 107 Å². The third-order valence-electron chi connectivity index (χ3n) is 2.85. The van der Waals surface area contributed by atoms with Crippen LogP contribution >= 0.6 is 0 Å². The number of methoxy groups -OCH3 is 1. The summed E-state index contributed by atoms with van der Waals surface area (Å²) in [5.74, 6) is 0. The molecule has 1 N–H and O–H groups in total. The van der Waals surface area contributed by atoms with Crippen molar-refractivity contribution in [2.45, 2.75) is 25.8 Å². The van der Waals surface area contributed by atoms with Gasteiger partial charge in [-0.05, 0) is 24.9 Å². The van der Waals surface area contributed by atoms with E-state index in [0.717, 1.165) is 24.9 Å². The lowest BCUT2D eigenvalue weighted by atomic mass is 10.1. The van der Waals surface area contributed by atoms with Gasteiger partial charge in [0, 0.05) is 25.3 Å². The molecule has 18 heavy (non-hydrogen) atoms. The Balaban J connectivity index is 2.37. The minimum atomic E-state index is -0.381. The smallest absolute Gasteiger partial charge is 0.269 e. The fourth-order valence-corrected chi connectivity index (χ4v) is 1.73. The molecular formula is C13H20N2O3. The van der Waals surface area contributed by atoms with Gasteiger partial charge < -0.3 is 10.1 Å². The second kappa shape index (κ2) is 7.79. The molecule has 0 radical (unpaired) electrons. The number of nitrogens with one attached hydrogen (secondary N) is 1. The summed E-state index contributed by atoms with van der Waals surface area (Å²) < 4.78 is 5.10. The van der Waals surface area contributed by atoms with Gasteiger partial charge in [-0.3, -0.25) is 10.1 Å². The highest BCUT2D eigenvalue weighted by Crippen LogP contribution is 2.11. The zero-order valence-electron chi connectivity index (χ0n) is 10.9. The predicted octanol–water partition coefficient (Wildman–Crippen LogP) is 2.15. The van der Waals surface area contributed by atoms with Crippen molar-refractivity contribution in [1.82, 2.24) is 5.32 Å². The summed E-state index contributed by atoms with van der Waals surface area (Å²) in [7, 11) is 1.70. The number of benzene rings is 1. The van der Waals surface area contributed by atoms with E-state index in [4.69, 9.17) is 4.74 Å². The highest BCUT2D eigenvalue weighted by atomic mass is 16.6. The Kier molecular flexibility index (Phi) is 6.32. The number of nitro groups is 1. The van der Waals surface area contributed by atoms with Gasteiger partial charge in [-0.1, -0.05) is 19.1 Å². The third kappa shape index (κ3) is 4.81. The van der Waals surface area contributed by atoms with E-state index < -0.39 is 0 Å². The van der Waals surface area contributed by atoms with Crippen molar-refractivity contribution >= 4 is 5.69 Å². The second-order valence-corrected chi connectivity index (χ2v) is 4.19. The first-order valence-electron chi connectivity index (χ1n) is 6.13. The Bertz CT molecular complexity index is 365. The highest BCUT2D eigenvalue weighted by Gasteiger charge is 2.06. The summed E-state index contributed by atoms with van der Waals surface area (Å²) in [5, 5.41) is 13.9. The first kappa shape index (κ1) is 14.6. The number of hydrogen-bond acceptors (Lipinski definition) is 4. The van der Waals surface area contributed by atoms with Gasteiger partial charge >= 0.3 is 0 Å². The van der Waals surface area contributed by atoms with E-state index in [1.807, 2.05) is 0 Å². The van der Waals surface area contributed by atoms with E-state index in [0.29, 0.717) is 12.6 Å². The maximum absolute atomic E-state index is 10.5. The zero-order chi connectivity index (χ0) is 13.4. The van der Waals surface area contributed by atoms with Crippen LogP contribution in [0.2, 0.25) is 0 Å². The van der Waals surface area contributed by atoms with Crippen LogP contribution in [-0.2, 0) is 11.2 Å². The van der Waals surface area contributed by atoms with E-state index in [-0.39, 0.29) is 10.6 Å². The molecule has 0 aliphatic carbocycles. The molecule has 1 aromatic rings. The van der Waals surface area contributed by atoms with Crippen LogP contribution in [0.3, 0.4) is 0 Å². The van der Waals surface area contributed by atoms with Crippen molar-refractivity contribution in [3.63, 3.8) is 0 Å². The van der Waals surface area contributed by atoms with Gasteiger partial charge in [0.1, 0.15) is 0 Å². The summed E-state index contributed by atoms with van der Waals surface area (Å²) in [6.45, 7) is 3.67. The molecule has 1 unspecified atom stereocenters. The summed E-state index contributed by atoms with van der Waals surface area (Å²) in [5.41, 5.74) is 1.23. The van der Waals surface area contributed by atoms with Crippen molar-refractivity contribution in [2.24, 2.45) is 0 Å². The van der Waals surface area contributed by atoms with Gasteiger partial charge in [-0.25, -0.2) is 0 Å². The minimum absolute atomic E-state index is 0.137. The van der Waals surface area contributed by atoms with Crippen LogP contribution in [0.15, 0.2) is 24.3 Å². The molecule has 0 fully saturated rings. The number of nitrogens with zero attached hydrogens (tertiary/aromatic N) is 1. The van der Waals surface area contributed by atoms with Gasteiger partial charge in [-0.2, -0.15) is 0 Å². The molecule has 0 aliphatic heterocycles. The van der Waals surface area contributed by atoms with Crippen LogP contribution in [0.1, 0.15) is 18.9 Å². The SMILES string of the molecule is CCC(COC)NCCc1ccc([N+](=O)[O-])cc1. The third-order valence-corrected chi connectivity index (χ3v) is 2.85. The number of ether oxygens (including phenoxy) is 1. The minimum Gasteiger partial charge on any atom is -0.383 e. The highest BCUT2D eigenvalue weighted by molar-refractivity contribution is 5.32. The fourth-order valence-electron chi connectivity index (χ4n) is 1.73. The second-order valence-electron chi connectivity index (χ2n) is 4.19. The lowest BCUT2D eigenvalue weighted by molar-refractivity contribution is -0.384. The first-order chi connectivity index (χ1) is 8.67. The summed E-state index contributed by atoms with van der Waals surface area (Å²) >= 11 is 0. The molecule has 0 aromatic heterocycles. The molecule has 0 spiro atoms. The molecule has 100 valence electrons. The summed E-state index contributed by atoms with van der Waals surface area (Å²) in [4.78, 5) is 10.1. The van der Waals surface area contributed by atoms with E-state index in [1.54, 1.807) is 31.4 Å². The quantitative estimate of drug-likeness (QED) is 0.568. The van der Waals surface area contributed by atoms with Crippen molar-refractivity contribution in [3.05, 3.63) is 39.9 Å². The zero-order valence-corrected chi connectivity index (χ0v) is 10.9. The molecule has 0 heterocycles. The molecule has 5 heteroatoms. The van der Waals surface area contributed by atoms with E-state index in [9.17, 15) is 10.1 Å². The topological polar surface area (TPSA) is 64.4 Å². The van der Waals surface area contributed by atoms with E-state index >= 15 is 0 Å². The largest absolute Gasteiger partial charge is 0.383 e. The molecule has 1 aromatic carbocycles. The lowest BCUT2D eigenvalue weighted by Crippen LogP contribution is -2.34. The van der Waals surface area contributed by atoms with Crippen LogP contribution < -0.4 is 5.32 Å². The van der Waals surface area contributed by atoms with Crippen molar-refractivity contribution < 1.29 is 9.66 Å².